The topological polar surface area (TPSA) is 85.1 Å². The number of aromatic nitrogens is 4. The van der Waals surface area contributed by atoms with Crippen molar-refractivity contribution >= 4 is 17.4 Å². The number of ether oxygens (including phenoxy) is 2. The summed E-state index contributed by atoms with van der Waals surface area (Å²) < 4.78 is 12.5. The van der Waals surface area contributed by atoms with E-state index in [0.29, 0.717) is 43.2 Å². The van der Waals surface area contributed by atoms with Crippen molar-refractivity contribution in [3.63, 3.8) is 0 Å². The van der Waals surface area contributed by atoms with E-state index in [4.69, 9.17) is 9.47 Å². The average Bonchev–Trinajstić information content (AvgIpc) is 3.18. The number of nitrogens with zero attached hydrogens (tertiary/aromatic N) is 6. The highest BCUT2D eigenvalue weighted by molar-refractivity contribution is 5.76. The quantitative estimate of drug-likeness (QED) is 0.612. The summed E-state index contributed by atoms with van der Waals surface area (Å²) in [6.07, 6.45) is 1.64. The lowest BCUT2D eigenvalue weighted by molar-refractivity contribution is -0.132. The van der Waals surface area contributed by atoms with Crippen LogP contribution in [0.25, 0.3) is 5.65 Å². The van der Waals surface area contributed by atoms with E-state index in [1.807, 2.05) is 48.2 Å². The second-order valence-electron chi connectivity index (χ2n) is 7.51. The lowest BCUT2D eigenvalue weighted by Gasteiger charge is -2.29. The Hall–Kier alpha value is -3.36. The van der Waals surface area contributed by atoms with Gasteiger partial charge in [-0.25, -0.2) is 0 Å². The maximum absolute atomic E-state index is 12.9. The highest BCUT2D eigenvalue weighted by Gasteiger charge is 2.23. The zero-order valence-corrected chi connectivity index (χ0v) is 17.8. The molecule has 1 aliphatic rings. The zero-order valence-electron chi connectivity index (χ0n) is 17.8. The zero-order chi connectivity index (χ0) is 21.3. The van der Waals surface area contributed by atoms with Crippen LogP contribution in [0.2, 0.25) is 0 Å². The molecule has 0 aliphatic carbocycles. The summed E-state index contributed by atoms with van der Waals surface area (Å²) in [6.45, 7) is 1.25. The van der Waals surface area contributed by atoms with Crippen LogP contribution < -0.4 is 14.4 Å². The summed E-state index contributed by atoms with van der Waals surface area (Å²) in [4.78, 5) is 16.7. The molecule has 9 nitrogen and oxygen atoms in total. The molecule has 9 heteroatoms. The van der Waals surface area contributed by atoms with Crippen molar-refractivity contribution in [3.8, 4) is 11.5 Å². The number of fused-ring (bicyclic) bond motifs is 2. The molecule has 0 bridgehead atoms. The standard InChI is InChI=1S/C21H26N6O3/c1-25(2)20-6-5-18-22-23-19(27(18)24-20)7-8-21(28)26-10-9-14-11-16(29-3)17(30-4)12-15(14)13-26/h5-6,11-12H,7-10,13H2,1-4H3. The van der Waals surface area contributed by atoms with Crippen molar-refractivity contribution in [2.45, 2.75) is 25.8 Å². The molecule has 0 fully saturated rings. The van der Waals surface area contributed by atoms with E-state index in [0.717, 1.165) is 23.6 Å². The van der Waals surface area contributed by atoms with Gasteiger partial charge in [-0.2, -0.15) is 4.52 Å². The van der Waals surface area contributed by atoms with Gasteiger partial charge < -0.3 is 19.3 Å². The Kier molecular flexibility index (Phi) is 5.43. The number of hydrogen-bond donors (Lipinski definition) is 0. The molecule has 3 heterocycles. The molecule has 4 rings (SSSR count). The minimum Gasteiger partial charge on any atom is -0.493 e. The van der Waals surface area contributed by atoms with Crippen LogP contribution in [0.5, 0.6) is 11.5 Å². The van der Waals surface area contributed by atoms with Gasteiger partial charge in [0.25, 0.3) is 0 Å². The van der Waals surface area contributed by atoms with E-state index >= 15 is 0 Å². The smallest absolute Gasteiger partial charge is 0.223 e. The number of benzene rings is 1. The first-order chi connectivity index (χ1) is 14.5. The van der Waals surface area contributed by atoms with Crippen molar-refractivity contribution in [1.29, 1.82) is 0 Å². The van der Waals surface area contributed by atoms with Gasteiger partial charge in [0.1, 0.15) is 5.82 Å². The van der Waals surface area contributed by atoms with Gasteiger partial charge in [-0.15, -0.1) is 15.3 Å². The van der Waals surface area contributed by atoms with Crippen LogP contribution in [0.3, 0.4) is 0 Å². The predicted molar refractivity (Wildman–Crippen MR) is 112 cm³/mol. The number of hydrogen-bond acceptors (Lipinski definition) is 7. The molecule has 30 heavy (non-hydrogen) atoms. The Morgan fingerprint density at radius 3 is 2.53 bits per heavy atom. The molecule has 0 atom stereocenters. The fraction of sp³-hybridized carbons (Fsp3) is 0.429. The Labute approximate surface area is 175 Å². The van der Waals surface area contributed by atoms with Crippen LogP contribution in [0.4, 0.5) is 5.82 Å². The van der Waals surface area contributed by atoms with E-state index in [9.17, 15) is 4.79 Å². The third-order valence-electron chi connectivity index (χ3n) is 5.40. The number of amides is 1. The molecule has 0 unspecified atom stereocenters. The molecule has 1 aliphatic heterocycles. The van der Waals surface area contributed by atoms with Crippen LogP contribution >= 0.6 is 0 Å². The second kappa shape index (κ2) is 8.17. The number of carbonyl (C=O) groups excluding carboxylic acids is 1. The fourth-order valence-corrected chi connectivity index (χ4v) is 3.69. The van der Waals surface area contributed by atoms with Crippen LogP contribution in [0.15, 0.2) is 24.3 Å². The van der Waals surface area contributed by atoms with Gasteiger partial charge in [0, 0.05) is 40.0 Å². The monoisotopic (exact) mass is 410 g/mol. The molecule has 158 valence electrons. The Morgan fingerprint density at radius 2 is 1.83 bits per heavy atom. The molecule has 0 N–H and O–H groups in total. The predicted octanol–water partition coefficient (Wildman–Crippen LogP) is 1.72. The highest BCUT2D eigenvalue weighted by Crippen LogP contribution is 2.33. The Balaban J connectivity index is 1.45. The molecule has 0 spiro atoms. The van der Waals surface area contributed by atoms with E-state index in [-0.39, 0.29) is 5.91 Å². The van der Waals surface area contributed by atoms with Gasteiger partial charge in [-0.05, 0) is 41.8 Å². The van der Waals surface area contributed by atoms with E-state index in [1.54, 1.807) is 18.7 Å². The summed E-state index contributed by atoms with van der Waals surface area (Å²) in [5.74, 6) is 3.00. The largest absolute Gasteiger partial charge is 0.493 e. The first-order valence-corrected chi connectivity index (χ1v) is 9.90. The summed E-state index contributed by atoms with van der Waals surface area (Å²) >= 11 is 0. The van der Waals surface area contributed by atoms with Crippen molar-refractivity contribution in [3.05, 3.63) is 41.2 Å². The number of anilines is 1. The van der Waals surface area contributed by atoms with E-state index in [2.05, 4.69) is 15.3 Å². The first kappa shape index (κ1) is 19.9. The minimum absolute atomic E-state index is 0.0935. The summed E-state index contributed by atoms with van der Waals surface area (Å²) in [5.41, 5.74) is 2.97. The summed E-state index contributed by atoms with van der Waals surface area (Å²) in [6, 6.07) is 7.75. The fourth-order valence-electron chi connectivity index (χ4n) is 3.69. The molecule has 1 aromatic carbocycles. The van der Waals surface area contributed by atoms with Gasteiger partial charge in [0.05, 0.1) is 14.2 Å². The van der Waals surface area contributed by atoms with Crippen molar-refractivity contribution in [2.75, 3.05) is 39.8 Å². The number of rotatable bonds is 6. The number of aryl methyl sites for hydroxylation is 1. The van der Waals surface area contributed by atoms with Gasteiger partial charge in [0.15, 0.2) is 23.0 Å². The van der Waals surface area contributed by atoms with E-state index < -0.39 is 0 Å². The molecule has 1 amide bonds. The average molecular weight is 410 g/mol. The lowest BCUT2D eigenvalue weighted by atomic mass is 9.98. The summed E-state index contributed by atoms with van der Waals surface area (Å²) in [5, 5.41) is 12.9. The molecule has 0 saturated heterocycles. The number of methoxy groups -OCH3 is 2. The maximum Gasteiger partial charge on any atom is 0.223 e. The Morgan fingerprint density at radius 1 is 1.10 bits per heavy atom. The third-order valence-corrected chi connectivity index (χ3v) is 5.40. The SMILES string of the molecule is COc1cc2c(cc1OC)CN(C(=O)CCc1nnc3ccc(N(C)C)nn13)CC2. The van der Waals surface area contributed by atoms with Crippen molar-refractivity contribution in [1.82, 2.24) is 24.7 Å². The van der Waals surface area contributed by atoms with Gasteiger partial charge in [0.2, 0.25) is 5.91 Å². The highest BCUT2D eigenvalue weighted by atomic mass is 16.5. The third kappa shape index (κ3) is 3.74. The van der Waals surface area contributed by atoms with Crippen molar-refractivity contribution in [2.24, 2.45) is 0 Å². The Bertz CT molecular complexity index is 1080. The molecular weight excluding hydrogens is 384 g/mol. The maximum atomic E-state index is 12.9. The van der Waals surface area contributed by atoms with E-state index in [1.165, 1.54) is 5.56 Å². The number of carbonyl (C=O) groups is 1. The second-order valence-corrected chi connectivity index (χ2v) is 7.51. The van der Waals surface area contributed by atoms with Gasteiger partial charge in [-0.3, -0.25) is 4.79 Å². The summed E-state index contributed by atoms with van der Waals surface area (Å²) in [7, 11) is 7.11. The molecule has 0 radical (unpaired) electrons. The minimum atomic E-state index is 0.0935. The first-order valence-electron chi connectivity index (χ1n) is 9.90. The molecule has 3 aromatic rings. The van der Waals surface area contributed by atoms with Crippen LogP contribution in [0, 0.1) is 0 Å². The van der Waals surface area contributed by atoms with Crippen LogP contribution in [0.1, 0.15) is 23.4 Å². The van der Waals surface area contributed by atoms with Gasteiger partial charge >= 0.3 is 0 Å². The molecule has 0 saturated carbocycles. The normalized spacial score (nSPS) is 13.3. The van der Waals surface area contributed by atoms with Crippen molar-refractivity contribution < 1.29 is 14.3 Å². The molecule has 2 aromatic heterocycles. The van der Waals surface area contributed by atoms with Gasteiger partial charge in [-0.1, -0.05) is 0 Å². The lowest BCUT2D eigenvalue weighted by Crippen LogP contribution is -2.36. The van der Waals surface area contributed by atoms with Crippen LogP contribution in [-0.4, -0.2) is 65.5 Å². The van der Waals surface area contributed by atoms with Crippen LogP contribution in [-0.2, 0) is 24.2 Å². The molecular formula is C21H26N6O3.